The zero-order chi connectivity index (χ0) is 23.2. The number of likely N-dealkylation sites (N-methyl/N-ethyl adjacent to an activating group) is 1. The summed E-state index contributed by atoms with van der Waals surface area (Å²) in [6.07, 6.45) is 4.01. The van der Waals surface area contributed by atoms with Crippen LogP contribution in [0.4, 0.5) is 0 Å². The van der Waals surface area contributed by atoms with Crippen LogP contribution >= 0.6 is 11.3 Å². The minimum Gasteiger partial charge on any atom is -0.369 e. The van der Waals surface area contributed by atoms with Crippen molar-refractivity contribution in [2.24, 2.45) is 10.7 Å². The molecule has 0 radical (unpaired) electrons. The van der Waals surface area contributed by atoms with Crippen LogP contribution < -0.4 is 5.73 Å². The molecule has 0 spiro atoms. The molecule has 7 heteroatoms. The third-order valence-corrected chi connectivity index (χ3v) is 7.62. The van der Waals surface area contributed by atoms with E-state index in [-0.39, 0.29) is 11.9 Å². The molecule has 2 atom stereocenters. The first-order valence-electron chi connectivity index (χ1n) is 11.0. The Bertz CT molecular complexity index is 1310. The molecule has 2 unspecified atom stereocenters. The van der Waals surface area contributed by atoms with Crippen molar-refractivity contribution in [2.45, 2.75) is 44.1 Å². The highest BCUT2D eigenvalue weighted by molar-refractivity contribution is 7.10. The molecule has 2 aromatic heterocycles. The molecule has 6 nitrogen and oxygen atoms in total. The van der Waals surface area contributed by atoms with Gasteiger partial charge in [-0.25, -0.2) is 15.0 Å². The number of amides is 1. The van der Waals surface area contributed by atoms with Crippen molar-refractivity contribution in [3.8, 4) is 23.1 Å². The summed E-state index contributed by atoms with van der Waals surface area (Å²) in [6, 6.07) is 12.4. The van der Waals surface area contributed by atoms with E-state index in [1.165, 1.54) is 29.6 Å². The summed E-state index contributed by atoms with van der Waals surface area (Å²) in [4.78, 5) is 29.4. The molecular formula is C26H25N5OS. The molecule has 1 fully saturated rings. The van der Waals surface area contributed by atoms with Crippen LogP contribution in [0.1, 0.15) is 60.2 Å². The Balaban J connectivity index is 1.57. The third kappa shape index (κ3) is 3.81. The first kappa shape index (κ1) is 21.4. The lowest BCUT2D eigenvalue weighted by Crippen LogP contribution is -2.52. The second-order valence-corrected chi connectivity index (χ2v) is 9.66. The highest BCUT2D eigenvalue weighted by atomic mass is 32.1. The van der Waals surface area contributed by atoms with E-state index in [1.54, 1.807) is 25.3 Å². The molecule has 2 N–H and O–H groups in total. The summed E-state index contributed by atoms with van der Waals surface area (Å²) in [5.74, 6) is 6.21. The van der Waals surface area contributed by atoms with Crippen LogP contribution in [0.5, 0.6) is 0 Å². The normalized spacial score (nSPS) is 22.5. The number of nitrogens with zero attached hydrogens (tertiary/aromatic N) is 4. The smallest absolute Gasteiger partial charge is 0.239 e. The van der Waals surface area contributed by atoms with E-state index in [9.17, 15) is 4.79 Å². The predicted octanol–water partition coefficient (Wildman–Crippen LogP) is 4.24. The van der Waals surface area contributed by atoms with Gasteiger partial charge in [-0.05, 0) is 61.8 Å². The lowest BCUT2D eigenvalue weighted by molar-refractivity contribution is -0.130. The molecule has 5 rings (SSSR count). The monoisotopic (exact) mass is 455 g/mol. The second kappa shape index (κ2) is 8.13. The van der Waals surface area contributed by atoms with Crippen LogP contribution in [-0.4, -0.2) is 33.8 Å². The largest absolute Gasteiger partial charge is 0.369 e. The van der Waals surface area contributed by atoms with Crippen LogP contribution in [0, 0.1) is 11.8 Å². The molecule has 33 heavy (non-hydrogen) atoms. The van der Waals surface area contributed by atoms with Gasteiger partial charge in [0.1, 0.15) is 17.6 Å². The van der Waals surface area contributed by atoms with E-state index < -0.39 is 11.5 Å². The van der Waals surface area contributed by atoms with E-state index in [4.69, 9.17) is 10.7 Å². The lowest BCUT2D eigenvalue weighted by Gasteiger charge is -2.40. The van der Waals surface area contributed by atoms with Gasteiger partial charge in [0.15, 0.2) is 5.96 Å². The Hall–Kier alpha value is -3.50. The maximum Gasteiger partial charge on any atom is 0.239 e. The number of rotatable bonds is 4. The number of guanidine groups is 1. The van der Waals surface area contributed by atoms with E-state index in [1.807, 2.05) is 18.4 Å². The fourth-order valence-corrected chi connectivity index (χ4v) is 5.45. The van der Waals surface area contributed by atoms with Crippen LogP contribution in [0.2, 0.25) is 0 Å². The maximum atomic E-state index is 13.5. The molecule has 3 aromatic rings. The van der Waals surface area contributed by atoms with Gasteiger partial charge in [-0.3, -0.25) is 9.69 Å². The maximum absolute atomic E-state index is 13.5. The predicted molar refractivity (Wildman–Crippen MR) is 131 cm³/mol. The van der Waals surface area contributed by atoms with Gasteiger partial charge in [0.2, 0.25) is 5.91 Å². The number of aliphatic imine (C=N–C) groups is 1. The molecule has 1 amide bonds. The number of aromatic nitrogens is 2. The van der Waals surface area contributed by atoms with Crippen molar-refractivity contribution in [2.75, 3.05) is 7.05 Å². The first-order valence-corrected chi connectivity index (χ1v) is 11.9. The summed E-state index contributed by atoms with van der Waals surface area (Å²) < 4.78 is 0. The van der Waals surface area contributed by atoms with Crippen molar-refractivity contribution >= 4 is 23.2 Å². The Morgan fingerprint density at radius 3 is 2.58 bits per heavy atom. The summed E-state index contributed by atoms with van der Waals surface area (Å²) in [6.45, 7) is 3.77. The van der Waals surface area contributed by atoms with E-state index in [0.29, 0.717) is 11.6 Å². The van der Waals surface area contributed by atoms with Gasteiger partial charge in [-0.1, -0.05) is 30.2 Å². The average Bonchev–Trinajstić information content (AvgIpc) is 3.54. The number of carbonyl (C=O) groups is 1. The highest BCUT2D eigenvalue weighted by Gasteiger charge is 2.48. The Kier molecular flexibility index (Phi) is 5.26. The number of hydrogen-bond acceptors (Lipinski definition) is 6. The Morgan fingerprint density at radius 1 is 1.15 bits per heavy atom. The molecule has 1 aromatic carbocycles. The fraction of sp³-hybridized carbons (Fsp3) is 0.308. The van der Waals surface area contributed by atoms with Crippen molar-refractivity contribution in [3.63, 3.8) is 0 Å². The van der Waals surface area contributed by atoms with Gasteiger partial charge in [0.05, 0.1) is 11.6 Å². The number of thiophene rings is 1. The molecule has 1 aliphatic heterocycles. The van der Waals surface area contributed by atoms with Crippen LogP contribution in [-0.2, 0) is 10.3 Å². The molecule has 2 aliphatic rings. The summed E-state index contributed by atoms with van der Waals surface area (Å²) in [7, 11) is 1.68. The van der Waals surface area contributed by atoms with Crippen molar-refractivity contribution in [1.82, 2.24) is 14.9 Å². The van der Waals surface area contributed by atoms with Crippen LogP contribution in [0.25, 0.3) is 11.3 Å². The summed E-state index contributed by atoms with van der Waals surface area (Å²) in [5, 5.41) is 2.04. The zero-order valence-electron chi connectivity index (χ0n) is 18.9. The topological polar surface area (TPSA) is 84.5 Å². The molecule has 1 aliphatic carbocycles. The minimum atomic E-state index is -0.823. The van der Waals surface area contributed by atoms with Gasteiger partial charge in [0, 0.05) is 22.9 Å². The van der Waals surface area contributed by atoms with Crippen molar-refractivity contribution < 1.29 is 4.79 Å². The zero-order valence-corrected chi connectivity index (χ0v) is 19.7. The summed E-state index contributed by atoms with van der Waals surface area (Å²) >= 11 is 1.56. The van der Waals surface area contributed by atoms with Crippen molar-refractivity contribution in [3.05, 3.63) is 69.8 Å². The standard InChI is InChI=1S/C26H25N5OS/c1-4-5-20-13-21(29-15-28-20)19-12-22(33-14-19)26(2)23(24(32)31(3)25(27)30-26)18-10-8-17(9-11-18)16-6-7-16/h8-16,23H,6-7H2,1-3H3,(H2,27,30). The number of hydrogen-bond donors (Lipinski definition) is 1. The van der Waals surface area contributed by atoms with Gasteiger partial charge in [0.25, 0.3) is 0 Å². The van der Waals surface area contributed by atoms with Gasteiger partial charge >= 0.3 is 0 Å². The third-order valence-electron chi connectivity index (χ3n) is 6.46. The first-order chi connectivity index (χ1) is 15.9. The average molecular weight is 456 g/mol. The van der Waals surface area contributed by atoms with E-state index in [2.05, 4.69) is 52.1 Å². The molecule has 0 saturated heterocycles. The number of benzene rings is 1. The SMILES string of the molecule is CC#Cc1cc(-c2csc(C3(C)N=C(N)N(C)C(=O)C3c3ccc(C4CC4)cc3)c2)ncn1. The quantitative estimate of drug-likeness (QED) is 0.597. The second-order valence-electron chi connectivity index (χ2n) is 8.75. The summed E-state index contributed by atoms with van der Waals surface area (Å²) in [5.41, 5.74) is 10.1. The van der Waals surface area contributed by atoms with Gasteiger partial charge < -0.3 is 5.73 Å². The van der Waals surface area contributed by atoms with Crippen LogP contribution in [0.3, 0.4) is 0 Å². The molecule has 1 saturated carbocycles. The fourth-order valence-electron chi connectivity index (χ4n) is 4.41. The Morgan fingerprint density at radius 2 is 1.88 bits per heavy atom. The number of nitrogens with two attached hydrogens (primary N) is 1. The van der Waals surface area contributed by atoms with Crippen molar-refractivity contribution in [1.29, 1.82) is 0 Å². The van der Waals surface area contributed by atoms with E-state index in [0.717, 1.165) is 21.7 Å². The lowest BCUT2D eigenvalue weighted by atomic mass is 9.77. The molecule has 166 valence electrons. The molecular weight excluding hydrogens is 430 g/mol. The van der Waals surface area contributed by atoms with Crippen LogP contribution in [0.15, 0.2) is 53.1 Å². The number of carbonyl (C=O) groups excluding carboxylic acids is 1. The highest BCUT2D eigenvalue weighted by Crippen LogP contribution is 2.47. The van der Waals surface area contributed by atoms with Gasteiger partial charge in [-0.15, -0.1) is 11.3 Å². The van der Waals surface area contributed by atoms with E-state index >= 15 is 0 Å². The van der Waals surface area contributed by atoms with Gasteiger partial charge in [-0.2, -0.15) is 0 Å². The minimum absolute atomic E-state index is 0.0540. The Labute approximate surface area is 197 Å². The molecule has 3 heterocycles. The molecule has 0 bridgehead atoms.